The number of aryl methyl sites for hydroxylation is 1. The fourth-order valence-corrected chi connectivity index (χ4v) is 2.87. The summed E-state index contributed by atoms with van der Waals surface area (Å²) in [4.78, 5) is 4.64. The lowest BCUT2D eigenvalue weighted by Gasteiger charge is -2.02. The molecule has 2 aromatic heterocycles. The van der Waals surface area contributed by atoms with Crippen LogP contribution in [-0.2, 0) is 6.42 Å². The zero-order chi connectivity index (χ0) is 15.4. The topological polar surface area (TPSA) is 17.3 Å². The molecule has 0 N–H and O–H groups in total. The van der Waals surface area contributed by atoms with Gasteiger partial charge in [-0.3, -0.25) is 0 Å². The molecule has 0 aliphatic rings. The molecule has 3 heteroatoms. The number of unbranched alkanes of at least 4 members (excludes halogenated alkanes) is 3. The van der Waals surface area contributed by atoms with Crippen molar-refractivity contribution in [3.05, 3.63) is 59.4 Å². The highest BCUT2D eigenvalue weighted by Gasteiger charge is 2.05. The number of hydrogen-bond donors (Lipinski definition) is 0. The standard InChI is InChI=1S/C19H21ClN2/c1-2-3-4-5-6-15-7-9-16(10-8-15)18-14-22-13-17(20)11-12-19(22)21-18/h7-14H,2-6H2,1H3. The van der Waals surface area contributed by atoms with Crippen LogP contribution in [0.5, 0.6) is 0 Å². The molecule has 3 rings (SSSR count). The van der Waals surface area contributed by atoms with E-state index in [0.29, 0.717) is 0 Å². The second kappa shape index (κ2) is 6.97. The fourth-order valence-electron chi connectivity index (χ4n) is 2.70. The molecule has 0 bridgehead atoms. The molecule has 0 aliphatic carbocycles. The number of rotatable bonds is 6. The van der Waals surface area contributed by atoms with E-state index >= 15 is 0 Å². The van der Waals surface area contributed by atoms with Gasteiger partial charge in [0, 0.05) is 18.0 Å². The van der Waals surface area contributed by atoms with Crippen LogP contribution in [0.2, 0.25) is 5.02 Å². The number of benzene rings is 1. The summed E-state index contributed by atoms with van der Waals surface area (Å²) >= 11 is 6.02. The van der Waals surface area contributed by atoms with E-state index in [-0.39, 0.29) is 0 Å². The number of halogens is 1. The zero-order valence-corrected chi connectivity index (χ0v) is 13.7. The summed E-state index contributed by atoms with van der Waals surface area (Å²) in [5.41, 5.74) is 4.46. The van der Waals surface area contributed by atoms with Crippen molar-refractivity contribution in [2.45, 2.75) is 39.0 Å². The minimum Gasteiger partial charge on any atom is -0.305 e. The van der Waals surface area contributed by atoms with Crippen molar-refractivity contribution in [2.75, 3.05) is 0 Å². The van der Waals surface area contributed by atoms with Crippen molar-refractivity contribution in [1.82, 2.24) is 9.38 Å². The molecule has 2 nitrogen and oxygen atoms in total. The number of hydrogen-bond acceptors (Lipinski definition) is 1. The van der Waals surface area contributed by atoms with Gasteiger partial charge in [-0.15, -0.1) is 0 Å². The predicted molar refractivity (Wildman–Crippen MR) is 93.5 cm³/mol. The Morgan fingerprint density at radius 1 is 0.955 bits per heavy atom. The molecule has 114 valence electrons. The minimum atomic E-state index is 0.721. The van der Waals surface area contributed by atoms with Crippen molar-refractivity contribution in [1.29, 1.82) is 0 Å². The molecule has 0 radical (unpaired) electrons. The van der Waals surface area contributed by atoms with Crippen LogP contribution in [0.3, 0.4) is 0 Å². The molecule has 0 saturated heterocycles. The summed E-state index contributed by atoms with van der Waals surface area (Å²) in [6, 6.07) is 12.6. The normalized spacial score (nSPS) is 11.2. The third kappa shape index (κ3) is 3.50. The number of fused-ring (bicyclic) bond motifs is 1. The highest BCUT2D eigenvalue weighted by molar-refractivity contribution is 6.30. The number of pyridine rings is 1. The summed E-state index contributed by atoms with van der Waals surface area (Å²) in [5.74, 6) is 0. The lowest BCUT2D eigenvalue weighted by molar-refractivity contribution is 0.667. The van der Waals surface area contributed by atoms with E-state index in [9.17, 15) is 0 Å². The summed E-state index contributed by atoms with van der Waals surface area (Å²) in [6.07, 6.45) is 10.3. The molecule has 0 amide bonds. The fraction of sp³-hybridized carbons (Fsp3) is 0.316. The number of nitrogens with zero attached hydrogens (tertiary/aromatic N) is 2. The van der Waals surface area contributed by atoms with Crippen LogP contribution >= 0.6 is 11.6 Å². The first-order valence-electron chi connectivity index (χ1n) is 8.00. The largest absolute Gasteiger partial charge is 0.305 e. The Hall–Kier alpha value is -1.80. The Morgan fingerprint density at radius 2 is 1.77 bits per heavy atom. The second-order valence-corrected chi connectivity index (χ2v) is 6.18. The van der Waals surface area contributed by atoms with Gasteiger partial charge in [0.2, 0.25) is 0 Å². The molecule has 3 aromatic rings. The molecule has 22 heavy (non-hydrogen) atoms. The minimum absolute atomic E-state index is 0.721. The Morgan fingerprint density at radius 3 is 2.55 bits per heavy atom. The van der Waals surface area contributed by atoms with Crippen LogP contribution < -0.4 is 0 Å². The van der Waals surface area contributed by atoms with E-state index in [1.54, 1.807) is 0 Å². The third-order valence-electron chi connectivity index (χ3n) is 3.98. The van der Waals surface area contributed by atoms with Gasteiger partial charge >= 0.3 is 0 Å². The van der Waals surface area contributed by atoms with Crippen molar-refractivity contribution >= 4 is 17.2 Å². The van der Waals surface area contributed by atoms with Gasteiger partial charge in [-0.2, -0.15) is 0 Å². The smallest absolute Gasteiger partial charge is 0.137 e. The van der Waals surface area contributed by atoms with E-state index in [4.69, 9.17) is 11.6 Å². The summed E-state index contributed by atoms with van der Waals surface area (Å²) in [6.45, 7) is 2.25. The molecule has 0 spiro atoms. The van der Waals surface area contributed by atoms with Gasteiger partial charge in [0.1, 0.15) is 5.65 Å². The summed E-state index contributed by atoms with van der Waals surface area (Å²) < 4.78 is 1.97. The Kier molecular flexibility index (Phi) is 4.79. The van der Waals surface area contributed by atoms with Gasteiger partial charge in [0.05, 0.1) is 10.7 Å². The SMILES string of the molecule is CCCCCCc1ccc(-c2cn3cc(Cl)ccc3n2)cc1. The quantitative estimate of drug-likeness (QED) is 0.527. The van der Waals surface area contributed by atoms with Gasteiger partial charge < -0.3 is 4.40 Å². The van der Waals surface area contributed by atoms with Crippen molar-refractivity contribution < 1.29 is 0 Å². The van der Waals surface area contributed by atoms with Crippen LogP contribution in [0.4, 0.5) is 0 Å². The second-order valence-electron chi connectivity index (χ2n) is 5.75. The van der Waals surface area contributed by atoms with E-state index < -0.39 is 0 Å². The van der Waals surface area contributed by atoms with Crippen molar-refractivity contribution in [3.8, 4) is 11.3 Å². The van der Waals surface area contributed by atoms with Gasteiger partial charge in [0.25, 0.3) is 0 Å². The van der Waals surface area contributed by atoms with E-state index in [1.165, 1.54) is 37.7 Å². The first kappa shape index (κ1) is 15.1. The maximum atomic E-state index is 6.02. The van der Waals surface area contributed by atoms with Gasteiger partial charge in [-0.1, -0.05) is 62.1 Å². The van der Waals surface area contributed by atoms with Crippen LogP contribution in [0, 0.1) is 0 Å². The molecular formula is C19H21ClN2. The Bertz CT molecular complexity index is 744. The maximum absolute atomic E-state index is 6.02. The van der Waals surface area contributed by atoms with Crippen LogP contribution in [0.15, 0.2) is 48.8 Å². The average molecular weight is 313 g/mol. The van der Waals surface area contributed by atoms with E-state index in [1.807, 2.05) is 28.9 Å². The molecular weight excluding hydrogens is 292 g/mol. The molecule has 2 heterocycles. The van der Waals surface area contributed by atoms with Gasteiger partial charge in [-0.25, -0.2) is 4.98 Å². The summed E-state index contributed by atoms with van der Waals surface area (Å²) in [5, 5.41) is 0.721. The summed E-state index contributed by atoms with van der Waals surface area (Å²) in [7, 11) is 0. The molecule has 0 atom stereocenters. The number of aromatic nitrogens is 2. The monoisotopic (exact) mass is 312 g/mol. The molecule has 0 unspecified atom stereocenters. The highest BCUT2D eigenvalue weighted by atomic mass is 35.5. The number of imidazole rings is 1. The average Bonchev–Trinajstić information content (AvgIpc) is 2.95. The molecule has 0 aliphatic heterocycles. The Labute approximate surface area is 136 Å². The lowest BCUT2D eigenvalue weighted by Crippen LogP contribution is -1.86. The van der Waals surface area contributed by atoms with E-state index in [2.05, 4.69) is 36.2 Å². The molecule has 0 saturated carbocycles. The first-order chi connectivity index (χ1) is 10.8. The van der Waals surface area contributed by atoms with Crippen molar-refractivity contribution in [3.63, 3.8) is 0 Å². The van der Waals surface area contributed by atoms with E-state index in [0.717, 1.165) is 21.9 Å². The van der Waals surface area contributed by atoms with Crippen molar-refractivity contribution in [2.24, 2.45) is 0 Å². The van der Waals surface area contributed by atoms with Crippen LogP contribution in [0.1, 0.15) is 38.2 Å². The molecule has 1 aromatic carbocycles. The van der Waals surface area contributed by atoms with Crippen LogP contribution in [-0.4, -0.2) is 9.38 Å². The van der Waals surface area contributed by atoms with Gasteiger partial charge in [-0.05, 0) is 30.5 Å². The highest BCUT2D eigenvalue weighted by Crippen LogP contribution is 2.21. The lowest BCUT2D eigenvalue weighted by atomic mass is 10.0. The molecule has 0 fully saturated rings. The Balaban J connectivity index is 1.73. The third-order valence-corrected chi connectivity index (χ3v) is 4.21. The van der Waals surface area contributed by atoms with Gasteiger partial charge in [0.15, 0.2) is 0 Å². The first-order valence-corrected chi connectivity index (χ1v) is 8.37. The maximum Gasteiger partial charge on any atom is 0.137 e. The van der Waals surface area contributed by atoms with Crippen LogP contribution in [0.25, 0.3) is 16.9 Å². The predicted octanol–water partition coefficient (Wildman–Crippen LogP) is 5.78. The zero-order valence-electron chi connectivity index (χ0n) is 12.9.